The predicted octanol–water partition coefficient (Wildman–Crippen LogP) is 4.63. The summed E-state index contributed by atoms with van der Waals surface area (Å²) in [5.41, 5.74) is 2.06. The van der Waals surface area contributed by atoms with Crippen molar-refractivity contribution in [1.29, 1.82) is 0 Å². The zero-order chi connectivity index (χ0) is 22.1. The maximum atomic E-state index is 12.9. The lowest BCUT2D eigenvalue weighted by molar-refractivity contribution is 0.336. The fourth-order valence-electron chi connectivity index (χ4n) is 2.82. The molecule has 0 unspecified atom stereocenters. The molecule has 3 rings (SSSR count). The van der Waals surface area contributed by atoms with Gasteiger partial charge in [-0.2, -0.15) is 9.29 Å². The molecule has 9 heteroatoms. The van der Waals surface area contributed by atoms with E-state index in [2.05, 4.69) is 46.8 Å². The molecule has 1 heterocycles. The molecule has 1 aromatic heterocycles. The molecule has 160 valence electrons. The molecule has 0 radical (unpaired) electrons. The number of nitrogens with zero attached hydrogens (tertiary/aromatic N) is 3. The van der Waals surface area contributed by atoms with Crippen LogP contribution in [0.4, 0.5) is 0 Å². The van der Waals surface area contributed by atoms with Crippen molar-refractivity contribution in [2.24, 2.45) is 0 Å². The van der Waals surface area contributed by atoms with Gasteiger partial charge in [0.1, 0.15) is 5.75 Å². The summed E-state index contributed by atoms with van der Waals surface area (Å²) in [5, 5.41) is 3.99. The number of methoxy groups -OCH3 is 1. The Morgan fingerprint density at radius 2 is 1.80 bits per heavy atom. The maximum absolute atomic E-state index is 12.9. The molecule has 0 aliphatic carbocycles. The monoisotopic (exact) mass is 493 g/mol. The highest BCUT2D eigenvalue weighted by atomic mass is 79.9. The summed E-state index contributed by atoms with van der Waals surface area (Å²) in [6.07, 6.45) is 0. The van der Waals surface area contributed by atoms with E-state index >= 15 is 0 Å². The fraction of sp³-hybridized carbons (Fsp3) is 0.333. The lowest BCUT2D eigenvalue weighted by Crippen LogP contribution is -2.26. The number of halogens is 1. The smallest absolute Gasteiger partial charge is 0.243 e. The third-order valence-electron chi connectivity index (χ3n) is 4.67. The van der Waals surface area contributed by atoms with Crippen molar-refractivity contribution in [2.75, 3.05) is 14.2 Å². The minimum absolute atomic E-state index is 0.0426. The molecule has 30 heavy (non-hydrogen) atoms. The third kappa shape index (κ3) is 4.74. The van der Waals surface area contributed by atoms with Gasteiger partial charge in [0.2, 0.25) is 21.7 Å². The summed E-state index contributed by atoms with van der Waals surface area (Å²) in [6, 6.07) is 12.5. The molecule has 0 atom stereocenters. The van der Waals surface area contributed by atoms with Gasteiger partial charge in [0.25, 0.3) is 0 Å². The fourth-order valence-corrected chi connectivity index (χ4v) is 4.66. The second-order valence-electron chi connectivity index (χ2n) is 7.90. The van der Waals surface area contributed by atoms with Gasteiger partial charge in [-0.1, -0.05) is 50.2 Å². The topological polar surface area (TPSA) is 85.5 Å². The Hall–Kier alpha value is -2.23. The van der Waals surface area contributed by atoms with Gasteiger partial charge in [0, 0.05) is 12.6 Å². The molecule has 0 spiro atoms. The van der Waals surface area contributed by atoms with E-state index in [1.807, 2.05) is 24.3 Å². The molecule has 7 nitrogen and oxygen atoms in total. The van der Waals surface area contributed by atoms with Crippen LogP contribution >= 0.6 is 15.9 Å². The van der Waals surface area contributed by atoms with E-state index < -0.39 is 10.0 Å². The van der Waals surface area contributed by atoms with Gasteiger partial charge in [-0.05, 0) is 45.1 Å². The first kappa shape index (κ1) is 22.5. The van der Waals surface area contributed by atoms with Crippen LogP contribution in [0, 0.1) is 0 Å². The van der Waals surface area contributed by atoms with Crippen molar-refractivity contribution in [3.8, 4) is 17.1 Å². The Morgan fingerprint density at radius 3 is 2.37 bits per heavy atom. The molecule has 3 aromatic rings. The van der Waals surface area contributed by atoms with Crippen LogP contribution in [0.15, 0.2) is 56.4 Å². The van der Waals surface area contributed by atoms with Crippen molar-refractivity contribution >= 4 is 26.0 Å². The first-order valence-electron chi connectivity index (χ1n) is 9.26. The van der Waals surface area contributed by atoms with Gasteiger partial charge in [0.15, 0.2) is 0 Å². The highest BCUT2D eigenvalue weighted by molar-refractivity contribution is 9.10. The number of rotatable bonds is 6. The molecular weight excluding hydrogens is 470 g/mol. The number of benzene rings is 2. The van der Waals surface area contributed by atoms with E-state index in [0.29, 0.717) is 16.0 Å². The van der Waals surface area contributed by atoms with Crippen LogP contribution in [0.25, 0.3) is 11.4 Å². The van der Waals surface area contributed by atoms with Gasteiger partial charge in [-0.25, -0.2) is 8.42 Å². The molecule has 0 amide bonds. The molecule has 0 bridgehead atoms. The van der Waals surface area contributed by atoms with Crippen LogP contribution in [0.1, 0.15) is 32.2 Å². The summed E-state index contributed by atoms with van der Waals surface area (Å²) in [7, 11) is -0.756. The number of ether oxygens (including phenoxy) is 1. The predicted molar refractivity (Wildman–Crippen MR) is 118 cm³/mol. The number of hydrogen-bond donors (Lipinski definition) is 0. The normalized spacial score (nSPS) is 12.4. The average molecular weight is 494 g/mol. The molecule has 0 N–H and O–H groups in total. The first-order chi connectivity index (χ1) is 14.0. The summed E-state index contributed by atoms with van der Waals surface area (Å²) >= 11 is 3.31. The highest BCUT2D eigenvalue weighted by Crippen LogP contribution is 2.29. The van der Waals surface area contributed by atoms with E-state index in [1.54, 1.807) is 6.07 Å². The summed E-state index contributed by atoms with van der Waals surface area (Å²) < 4.78 is 37.9. The largest absolute Gasteiger partial charge is 0.496 e. The second kappa shape index (κ2) is 8.49. The zero-order valence-corrected chi connectivity index (χ0v) is 19.9. The maximum Gasteiger partial charge on any atom is 0.243 e. The minimum atomic E-state index is -3.74. The van der Waals surface area contributed by atoms with E-state index in [4.69, 9.17) is 9.26 Å². The molecule has 0 saturated carbocycles. The first-order valence-corrected chi connectivity index (χ1v) is 11.5. The lowest BCUT2D eigenvalue weighted by atomic mass is 9.87. The van der Waals surface area contributed by atoms with Crippen molar-refractivity contribution in [3.63, 3.8) is 0 Å². The van der Waals surface area contributed by atoms with Crippen molar-refractivity contribution in [2.45, 2.75) is 37.6 Å². The summed E-state index contributed by atoms with van der Waals surface area (Å²) in [4.78, 5) is 4.49. The Balaban J connectivity index is 1.77. The van der Waals surface area contributed by atoms with E-state index in [0.717, 1.165) is 5.56 Å². The van der Waals surface area contributed by atoms with Gasteiger partial charge in [-0.3, -0.25) is 0 Å². The van der Waals surface area contributed by atoms with Crippen molar-refractivity contribution in [3.05, 3.63) is 58.4 Å². The summed E-state index contributed by atoms with van der Waals surface area (Å²) in [5.74, 6) is 1.18. The zero-order valence-electron chi connectivity index (χ0n) is 17.5. The molecule has 0 fully saturated rings. The van der Waals surface area contributed by atoms with E-state index in [-0.39, 0.29) is 22.7 Å². The van der Waals surface area contributed by atoms with Crippen LogP contribution in [0.5, 0.6) is 5.75 Å². The molecular formula is C21H24BrN3O4S. The quantitative estimate of drug-likeness (QED) is 0.497. The van der Waals surface area contributed by atoms with Gasteiger partial charge in [-0.15, -0.1) is 0 Å². The van der Waals surface area contributed by atoms with Gasteiger partial charge in [0.05, 0.1) is 23.0 Å². The Bertz CT molecular complexity index is 1140. The SMILES string of the molecule is COc1ccc(S(=O)(=O)N(C)Cc2nc(-c3ccc(C(C)(C)C)cc3)no2)cc1Br. The van der Waals surface area contributed by atoms with Crippen LogP contribution in [0.3, 0.4) is 0 Å². The Labute approximate surface area is 185 Å². The van der Waals surface area contributed by atoms with E-state index in [9.17, 15) is 8.42 Å². The molecule has 0 aliphatic rings. The highest BCUT2D eigenvalue weighted by Gasteiger charge is 2.24. The Kier molecular flexibility index (Phi) is 6.35. The van der Waals surface area contributed by atoms with Crippen LogP contribution in [0.2, 0.25) is 0 Å². The van der Waals surface area contributed by atoms with Crippen LogP contribution < -0.4 is 4.74 Å². The van der Waals surface area contributed by atoms with Crippen LogP contribution in [-0.4, -0.2) is 37.0 Å². The minimum Gasteiger partial charge on any atom is -0.496 e. The number of sulfonamides is 1. The summed E-state index contributed by atoms with van der Waals surface area (Å²) in [6.45, 7) is 6.39. The molecule has 0 aliphatic heterocycles. The van der Waals surface area contributed by atoms with Gasteiger partial charge >= 0.3 is 0 Å². The standard InChI is InChI=1S/C21H24BrN3O4S/c1-21(2,3)15-8-6-14(7-9-15)20-23-19(29-24-20)13-25(4)30(26,27)16-10-11-18(28-5)17(22)12-16/h6-12H,13H2,1-5H3. The number of aromatic nitrogens is 2. The van der Waals surface area contributed by atoms with Crippen molar-refractivity contribution < 1.29 is 17.7 Å². The average Bonchev–Trinajstić information content (AvgIpc) is 3.15. The molecule has 2 aromatic carbocycles. The van der Waals surface area contributed by atoms with Gasteiger partial charge < -0.3 is 9.26 Å². The second-order valence-corrected chi connectivity index (χ2v) is 10.8. The Morgan fingerprint density at radius 1 is 1.13 bits per heavy atom. The lowest BCUT2D eigenvalue weighted by Gasteiger charge is -2.18. The molecule has 0 saturated heterocycles. The number of hydrogen-bond acceptors (Lipinski definition) is 6. The third-order valence-corrected chi connectivity index (χ3v) is 7.09. The van der Waals surface area contributed by atoms with Crippen molar-refractivity contribution in [1.82, 2.24) is 14.4 Å². The van der Waals surface area contributed by atoms with E-state index in [1.165, 1.54) is 36.2 Å². The van der Waals surface area contributed by atoms with Crippen LogP contribution in [-0.2, 0) is 22.0 Å².